The highest BCUT2D eigenvalue weighted by molar-refractivity contribution is 5.27. The fourth-order valence-corrected chi connectivity index (χ4v) is 1.63. The van der Waals surface area contributed by atoms with E-state index in [4.69, 9.17) is 10.5 Å². The van der Waals surface area contributed by atoms with Crippen molar-refractivity contribution in [2.45, 2.75) is 13.0 Å². The minimum atomic E-state index is 0.398. The van der Waals surface area contributed by atoms with Crippen molar-refractivity contribution in [2.24, 2.45) is 12.8 Å². The summed E-state index contributed by atoms with van der Waals surface area (Å²) in [5.41, 5.74) is 7.92. The van der Waals surface area contributed by atoms with E-state index in [9.17, 15) is 0 Å². The van der Waals surface area contributed by atoms with Crippen molar-refractivity contribution >= 4 is 0 Å². The zero-order valence-electron chi connectivity index (χ0n) is 9.84. The molecule has 17 heavy (non-hydrogen) atoms. The van der Waals surface area contributed by atoms with E-state index in [2.05, 4.69) is 16.1 Å². The normalized spacial score (nSPS) is 10.5. The van der Waals surface area contributed by atoms with Gasteiger partial charge in [0.25, 0.3) is 0 Å². The SMILES string of the molecule is Cn1cnc(OCc2ccccc2CCN)n1. The summed E-state index contributed by atoms with van der Waals surface area (Å²) >= 11 is 0. The first-order valence-corrected chi connectivity index (χ1v) is 5.55. The van der Waals surface area contributed by atoms with Crippen LogP contribution in [0.3, 0.4) is 0 Å². The molecule has 0 aliphatic heterocycles. The van der Waals surface area contributed by atoms with E-state index < -0.39 is 0 Å². The van der Waals surface area contributed by atoms with E-state index in [1.165, 1.54) is 5.56 Å². The van der Waals surface area contributed by atoms with Gasteiger partial charge in [0.15, 0.2) is 0 Å². The van der Waals surface area contributed by atoms with Crippen molar-refractivity contribution in [1.82, 2.24) is 14.8 Å². The zero-order chi connectivity index (χ0) is 12.1. The molecule has 2 rings (SSSR count). The number of nitrogens with two attached hydrogens (primary N) is 1. The molecule has 5 heteroatoms. The average molecular weight is 232 g/mol. The highest BCUT2D eigenvalue weighted by Crippen LogP contribution is 2.11. The minimum absolute atomic E-state index is 0.398. The predicted molar refractivity (Wildman–Crippen MR) is 64.5 cm³/mol. The van der Waals surface area contributed by atoms with Crippen LogP contribution in [-0.2, 0) is 20.1 Å². The topological polar surface area (TPSA) is 66.0 Å². The van der Waals surface area contributed by atoms with Crippen molar-refractivity contribution in [3.8, 4) is 6.01 Å². The Bertz CT molecular complexity index is 481. The molecule has 0 unspecified atom stereocenters. The van der Waals surface area contributed by atoms with Gasteiger partial charge in [0.1, 0.15) is 12.9 Å². The third-order valence-corrected chi connectivity index (χ3v) is 2.47. The van der Waals surface area contributed by atoms with E-state index in [0.717, 1.165) is 12.0 Å². The number of nitrogens with zero attached hydrogens (tertiary/aromatic N) is 3. The minimum Gasteiger partial charge on any atom is -0.458 e. The average Bonchev–Trinajstić information content (AvgIpc) is 2.74. The molecule has 0 saturated heterocycles. The number of aryl methyl sites for hydroxylation is 1. The number of rotatable bonds is 5. The number of hydrogen-bond donors (Lipinski definition) is 1. The number of hydrogen-bond acceptors (Lipinski definition) is 4. The van der Waals surface area contributed by atoms with E-state index in [1.807, 2.05) is 25.2 Å². The Balaban J connectivity index is 2.03. The molecule has 0 atom stereocenters. The smallest absolute Gasteiger partial charge is 0.335 e. The van der Waals surface area contributed by atoms with Crippen LogP contribution >= 0.6 is 0 Å². The third kappa shape index (κ3) is 3.04. The first-order valence-electron chi connectivity index (χ1n) is 5.55. The highest BCUT2D eigenvalue weighted by atomic mass is 16.5. The molecule has 0 amide bonds. The number of benzene rings is 1. The number of ether oxygens (including phenoxy) is 1. The van der Waals surface area contributed by atoms with Gasteiger partial charge >= 0.3 is 6.01 Å². The van der Waals surface area contributed by atoms with Crippen molar-refractivity contribution in [3.63, 3.8) is 0 Å². The maximum Gasteiger partial charge on any atom is 0.335 e. The van der Waals surface area contributed by atoms with Crippen LogP contribution in [0.2, 0.25) is 0 Å². The van der Waals surface area contributed by atoms with Gasteiger partial charge in [-0.05, 0) is 24.1 Å². The second-order valence-electron chi connectivity index (χ2n) is 3.80. The van der Waals surface area contributed by atoms with Gasteiger partial charge in [-0.15, -0.1) is 5.10 Å². The van der Waals surface area contributed by atoms with E-state index >= 15 is 0 Å². The lowest BCUT2D eigenvalue weighted by atomic mass is 10.1. The van der Waals surface area contributed by atoms with Crippen LogP contribution in [0, 0.1) is 0 Å². The summed E-state index contributed by atoms with van der Waals surface area (Å²) in [4.78, 5) is 4.01. The second-order valence-corrected chi connectivity index (χ2v) is 3.80. The van der Waals surface area contributed by atoms with Crippen molar-refractivity contribution in [1.29, 1.82) is 0 Å². The van der Waals surface area contributed by atoms with Gasteiger partial charge in [-0.25, -0.2) is 0 Å². The van der Waals surface area contributed by atoms with Crippen LogP contribution in [0.4, 0.5) is 0 Å². The van der Waals surface area contributed by atoms with Crippen LogP contribution in [0.15, 0.2) is 30.6 Å². The Morgan fingerprint density at radius 1 is 1.29 bits per heavy atom. The summed E-state index contributed by atoms with van der Waals surface area (Å²) in [6.45, 7) is 1.11. The van der Waals surface area contributed by atoms with Gasteiger partial charge in [-0.2, -0.15) is 4.98 Å². The zero-order valence-corrected chi connectivity index (χ0v) is 9.84. The lowest BCUT2D eigenvalue weighted by Crippen LogP contribution is -2.07. The summed E-state index contributed by atoms with van der Waals surface area (Å²) in [5, 5.41) is 4.06. The molecule has 2 aromatic rings. The van der Waals surface area contributed by atoms with E-state index in [0.29, 0.717) is 19.2 Å². The Kier molecular flexibility index (Phi) is 3.72. The Morgan fingerprint density at radius 3 is 2.71 bits per heavy atom. The maximum absolute atomic E-state index is 5.57. The van der Waals surface area contributed by atoms with E-state index in [1.54, 1.807) is 11.0 Å². The van der Waals surface area contributed by atoms with Gasteiger partial charge in [0, 0.05) is 7.05 Å². The molecule has 0 aliphatic carbocycles. The first kappa shape index (κ1) is 11.6. The molecule has 0 bridgehead atoms. The molecule has 0 aliphatic rings. The Labute approximate surface area is 100 Å². The fourth-order valence-electron chi connectivity index (χ4n) is 1.63. The molecule has 1 aromatic heterocycles. The summed E-state index contributed by atoms with van der Waals surface area (Å²) in [7, 11) is 1.81. The first-order chi connectivity index (χ1) is 8.29. The van der Waals surface area contributed by atoms with Gasteiger partial charge in [-0.3, -0.25) is 4.68 Å². The molecule has 0 radical (unpaired) electrons. The van der Waals surface area contributed by atoms with Gasteiger partial charge in [0.05, 0.1) is 0 Å². The van der Waals surface area contributed by atoms with Gasteiger partial charge < -0.3 is 10.5 Å². The molecule has 1 aromatic carbocycles. The van der Waals surface area contributed by atoms with Crippen molar-refractivity contribution in [2.75, 3.05) is 6.54 Å². The lowest BCUT2D eigenvalue weighted by molar-refractivity contribution is 0.279. The quantitative estimate of drug-likeness (QED) is 0.831. The second kappa shape index (κ2) is 5.45. The van der Waals surface area contributed by atoms with Crippen LogP contribution in [0.5, 0.6) is 6.01 Å². The Hall–Kier alpha value is -1.88. The Morgan fingerprint density at radius 2 is 2.06 bits per heavy atom. The summed E-state index contributed by atoms with van der Waals surface area (Å²) in [6, 6.07) is 8.50. The maximum atomic E-state index is 5.57. The monoisotopic (exact) mass is 232 g/mol. The van der Waals surface area contributed by atoms with Gasteiger partial charge in [-0.1, -0.05) is 24.3 Å². The molecule has 0 saturated carbocycles. The van der Waals surface area contributed by atoms with Crippen LogP contribution in [0.1, 0.15) is 11.1 Å². The predicted octanol–water partition coefficient (Wildman–Crippen LogP) is 0.895. The molecule has 0 fully saturated rings. The summed E-state index contributed by atoms with van der Waals surface area (Å²) < 4.78 is 7.13. The summed E-state index contributed by atoms with van der Waals surface area (Å²) in [6.07, 6.45) is 2.47. The van der Waals surface area contributed by atoms with E-state index in [-0.39, 0.29) is 0 Å². The van der Waals surface area contributed by atoms with Gasteiger partial charge in [0.2, 0.25) is 0 Å². The van der Waals surface area contributed by atoms with Crippen LogP contribution < -0.4 is 10.5 Å². The summed E-state index contributed by atoms with van der Waals surface area (Å²) in [5.74, 6) is 0. The van der Waals surface area contributed by atoms with Crippen molar-refractivity contribution in [3.05, 3.63) is 41.7 Å². The molecule has 0 spiro atoms. The standard InChI is InChI=1S/C12H16N4O/c1-16-9-14-12(15-16)17-8-11-5-3-2-4-10(11)6-7-13/h2-5,9H,6-8,13H2,1H3. The largest absolute Gasteiger partial charge is 0.458 e. The third-order valence-electron chi connectivity index (χ3n) is 2.47. The molecular weight excluding hydrogens is 216 g/mol. The molecule has 5 nitrogen and oxygen atoms in total. The molecule has 90 valence electrons. The fraction of sp³-hybridized carbons (Fsp3) is 0.333. The van der Waals surface area contributed by atoms with Crippen LogP contribution in [-0.4, -0.2) is 21.3 Å². The molecular formula is C12H16N4O. The lowest BCUT2D eigenvalue weighted by Gasteiger charge is -2.08. The molecule has 2 N–H and O–H groups in total. The highest BCUT2D eigenvalue weighted by Gasteiger charge is 2.04. The van der Waals surface area contributed by atoms with Crippen LogP contribution in [0.25, 0.3) is 0 Å². The number of aromatic nitrogens is 3. The van der Waals surface area contributed by atoms with Crippen molar-refractivity contribution < 1.29 is 4.74 Å². The molecule has 1 heterocycles.